The summed E-state index contributed by atoms with van der Waals surface area (Å²) in [7, 11) is 1.68. The van der Waals surface area contributed by atoms with Gasteiger partial charge in [-0.1, -0.05) is 12.1 Å². The number of aromatic nitrogens is 3. The van der Waals surface area contributed by atoms with Crippen LogP contribution in [0, 0.1) is 0 Å². The van der Waals surface area contributed by atoms with E-state index in [4.69, 9.17) is 20.4 Å². The van der Waals surface area contributed by atoms with Crippen LogP contribution in [0.1, 0.15) is 28.8 Å². The minimum atomic E-state index is -0.0500. The Bertz CT molecular complexity index is 1220. The van der Waals surface area contributed by atoms with Crippen molar-refractivity contribution >= 4 is 27.4 Å². The van der Waals surface area contributed by atoms with Gasteiger partial charge in [-0.2, -0.15) is 0 Å². The molecule has 0 bridgehead atoms. The van der Waals surface area contributed by atoms with Crippen LogP contribution in [0.2, 0.25) is 0 Å². The highest BCUT2D eigenvalue weighted by molar-refractivity contribution is 7.19. The molecule has 3 heterocycles. The van der Waals surface area contributed by atoms with Crippen LogP contribution in [0.15, 0.2) is 48.8 Å². The molecule has 0 fully saturated rings. The normalized spacial score (nSPS) is 14.2. The molecule has 3 aromatic heterocycles. The van der Waals surface area contributed by atoms with Crippen molar-refractivity contribution in [3.05, 3.63) is 64.8 Å². The van der Waals surface area contributed by atoms with Crippen molar-refractivity contribution < 1.29 is 4.74 Å². The molecule has 164 valence electrons. The van der Waals surface area contributed by atoms with Gasteiger partial charge in [0.2, 0.25) is 0 Å². The fourth-order valence-corrected chi connectivity index (χ4v) is 5.58. The summed E-state index contributed by atoms with van der Waals surface area (Å²) in [6.07, 6.45) is 9.02. The second kappa shape index (κ2) is 9.22. The van der Waals surface area contributed by atoms with Crippen LogP contribution in [0.3, 0.4) is 0 Å². The minimum Gasteiger partial charge on any atom is -0.497 e. The monoisotopic (exact) mass is 445 g/mol. The van der Waals surface area contributed by atoms with Crippen LogP contribution in [0.4, 0.5) is 5.82 Å². The predicted octanol–water partition coefficient (Wildman–Crippen LogP) is 4.62. The highest BCUT2D eigenvalue weighted by Crippen LogP contribution is 2.39. The first-order valence-corrected chi connectivity index (χ1v) is 11.9. The molecule has 32 heavy (non-hydrogen) atoms. The standard InChI is InChI=1S/C25H27N5OS/c1-31-19-6-4-5-16(14-19)13-18(26)15-28-24-22-20-7-2-3-8-21(20)32-25(22)30-23(29-24)17-9-11-27-12-10-17/h4-6,9-12,14,18H,2-3,7-8,13,15,26H2,1H3,(H,28,29,30)/t18-/m0/s1. The SMILES string of the molecule is COc1cccc(C[C@H](N)CNc2nc(-c3ccncc3)nc3sc4c(c23)CCCC4)c1. The maximum Gasteiger partial charge on any atom is 0.163 e. The average Bonchev–Trinajstić information content (AvgIpc) is 3.22. The summed E-state index contributed by atoms with van der Waals surface area (Å²) in [6, 6.07) is 11.9. The molecule has 0 saturated heterocycles. The lowest BCUT2D eigenvalue weighted by molar-refractivity contribution is 0.414. The summed E-state index contributed by atoms with van der Waals surface area (Å²) < 4.78 is 5.34. The Morgan fingerprint density at radius 3 is 2.81 bits per heavy atom. The quantitative estimate of drug-likeness (QED) is 0.432. The van der Waals surface area contributed by atoms with Crippen molar-refractivity contribution in [2.24, 2.45) is 5.73 Å². The Morgan fingerprint density at radius 2 is 1.97 bits per heavy atom. The van der Waals surface area contributed by atoms with E-state index in [9.17, 15) is 0 Å². The van der Waals surface area contributed by atoms with Crippen molar-refractivity contribution in [1.29, 1.82) is 0 Å². The Labute approximate surface area is 191 Å². The topological polar surface area (TPSA) is 86.0 Å². The first-order chi connectivity index (χ1) is 15.7. The molecule has 1 aromatic carbocycles. The maximum atomic E-state index is 6.50. The van der Waals surface area contributed by atoms with E-state index in [2.05, 4.69) is 16.4 Å². The molecular formula is C25H27N5OS. The predicted molar refractivity (Wildman–Crippen MR) is 130 cm³/mol. The number of nitrogens with one attached hydrogen (secondary N) is 1. The lowest BCUT2D eigenvalue weighted by Gasteiger charge is -2.16. The third-order valence-corrected chi connectivity index (χ3v) is 7.10. The Hall–Kier alpha value is -3.03. The number of hydrogen-bond donors (Lipinski definition) is 2. The van der Waals surface area contributed by atoms with Gasteiger partial charge in [0.25, 0.3) is 0 Å². The molecule has 0 saturated carbocycles. The number of anilines is 1. The summed E-state index contributed by atoms with van der Waals surface area (Å²) in [4.78, 5) is 16.5. The van der Waals surface area contributed by atoms with Gasteiger partial charge in [0.15, 0.2) is 5.82 Å². The summed E-state index contributed by atoms with van der Waals surface area (Å²) >= 11 is 1.81. The van der Waals surface area contributed by atoms with E-state index in [1.165, 1.54) is 28.7 Å². The van der Waals surface area contributed by atoms with Gasteiger partial charge >= 0.3 is 0 Å². The Kier molecular flexibility index (Phi) is 6.01. The number of methoxy groups -OCH3 is 1. The molecule has 0 amide bonds. The zero-order valence-corrected chi connectivity index (χ0v) is 19.0. The van der Waals surface area contributed by atoms with Gasteiger partial charge in [-0.05, 0) is 67.5 Å². The van der Waals surface area contributed by atoms with Crippen molar-refractivity contribution in [2.75, 3.05) is 19.0 Å². The van der Waals surface area contributed by atoms with Gasteiger partial charge in [0.1, 0.15) is 16.4 Å². The van der Waals surface area contributed by atoms with Gasteiger partial charge in [-0.3, -0.25) is 4.98 Å². The van der Waals surface area contributed by atoms with Gasteiger partial charge in [-0.25, -0.2) is 9.97 Å². The fraction of sp³-hybridized carbons (Fsp3) is 0.320. The molecule has 1 aliphatic rings. The van der Waals surface area contributed by atoms with Crippen LogP contribution >= 0.6 is 11.3 Å². The molecule has 1 aliphatic carbocycles. The Balaban J connectivity index is 1.44. The molecule has 7 heteroatoms. The van der Waals surface area contributed by atoms with Crippen LogP contribution < -0.4 is 15.8 Å². The number of hydrogen-bond acceptors (Lipinski definition) is 7. The molecule has 4 aromatic rings. The molecule has 6 nitrogen and oxygen atoms in total. The van der Waals surface area contributed by atoms with Gasteiger partial charge in [0.05, 0.1) is 12.5 Å². The van der Waals surface area contributed by atoms with E-state index < -0.39 is 0 Å². The fourth-order valence-electron chi connectivity index (χ4n) is 4.32. The van der Waals surface area contributed by atoms with E-state index >= 15 is 0 Å². The first kappa shape index (κ1) is 20.8. The van der Waals surface area contributed by atoms with Crippen molar-refractivity contribution in [2.45, 2.75) is 38.1 Å². The average molecular weight is 446 g/mol. The number of fused-ring (bicyclic) bond motifs is 3. The highest BCUT2D eigenvalue weighted by Gasteiger charge is 2.22. The lowest BCUT2D eigenvalue weighted by Crippen LogP contribution is -2.31. The zero-order chi connectivity index (χ0) is 21.9. The summed E-state index contributed by atoms with van der Waals surface area (Å²) in [5, 5.41) is 4.74. The molecule has 0 radical (unpaired) electrons. The summed E-state index contributed by atoms with van der Waals surface area (Å²) in [5.41, 5.74) is 10.1. The lowest BCUT2D eigenvalue weighted by atomic mass is 9.97. The van der Waals surface area contributed by atoms with E-state index in [1.54, 1.807) is 19.5 Å². The number of pyridine rings is 1. The van der Waals surface area contributed by atoms with Crippen LogP contribution in [-0.4, -0.2) is 34.6 Å². The van der Waals surface area contributed by atoms with E-state index in [1.807, 2.05) is 41.7 Å². The maximum absolute atomic E-state index is 6.50. The second-order valence-corrected chi connectivity index (χ2v) is 9.30. The molecular weight excluding hydrogens is 418 g/mol. The van der Waals surface area contributed by atoms with Crippen LogP contribution in [0.5, 0.6) is 5.75 Å². The van der Waals surface area contributed by atoms with Crippen molar-refractivity contribution in [1.82, 2.24) is 15.0 Å². The van der Waals surface area contributed by atoms with Gasteiger partial charge in [0, 0.05) is 35.4 Å². The molecule has 0 unspecified atom stereocenters. The van der Waals surface area contributed by atoms with Crippen LogP contribution in [0.25, 0.3) is 21.6 Å². The Morgan fingerprint density at radius 1 is 1.12 bits per heavy atom. The summed E-state index contributed by atoms with van der Waals surface area (Å²) in [5.74, 6) is 2.47. The van der Waals surface area contributed by atoms with Gasteiger partial charge < -0.3 is 15.8 Å². The first-order valence-electron chi connectivity index (χ1n) is 11.1. The van der Waals surface area contributed by atoms with Crippen molar-refractivity contribution in [3.63, 3.8) is 0 Å². The molecule has 1 atom stereocenters. The largest absolute Gasteiger partial charge is 0.497 e. The molecule has 0 spiro atoms. The van der Waals surface area contributed by atoms with E-state index in [0.29, 0.717) is 6.54 Å². The number of nitrogens with zero attached hydrogens (tertiary/aromatic N) is 3. The van der Waals surface area contributed by atoms with E-state index in [0.717, 1.165) is 52.6 Å². The van der Waals surface area contributed by atoms with E-state index in [-0.39, 0.29) is 6.04 Å². The third kappa shape index (κ3) is 4.31. The number of rotatable bonds is 7. The number of ether oxygens (including phenoxy) is 1. The number of nitrogens with two attached hydrogens (primary N) is 1. The van der Waals surface area contributed by atoms with Crippen LogP contribution in [-0.2, 0) is 19.3 Å². The number of benzene rings is 1. The van der Waals surface area contributed by atoms with Gasteiger partial charge in [-0.15, -0.1) is 11.3 Å². The molecule has 3 N–H and O–H groups in total. The van der Waals surface area contributed by atoms with Crippen molar-refractivity contribution in [3.8, 4) is 17.1 Å². The highest BCUT2D eigenvalue weighted by atomic mass is 32.1. The number of thiophene rings is 1. The third-order valence-electron chi connectivity index (χ3n) is 5.92. The molecule has 5 rings (SSSR count). The number of aryl methyl sites for hydroxylation is 2. The molecule has 0 aliphatic heterocycles. The summed E-state index contributed by atoms with van der Waals surface area (Å²) in [6.45, 7) is 0.629. The smallest absolute Gasteiger partial charge is 0.163 e. The zero-order valence-electron chi connectivity index (χ0n) is 18.2. The second-order valence-electron chi connectivity index (χ2n) is 8.22. The minimum absolute atomic E-state index is 0.0500.